The zero-order chi connectivity index (χ0) is 18.6. The van der Waals surface area contributed by atoms with Gasteiger partial charge >= 0.3 is 6.08 Å². The van der Waals surface area contributed by atoms with Crippen molar-refractivity contribution in [3.8, 4) is 0 Å². The molecule has 1 heterocycles. The average Bonchev–Trinajstić information content (AvgIpc) is 2.65. The molecule has 0 radical (unpaired) electrons. The van der Waals surface area contributed by atoms with Gasteiger partial charge in [-0.3, -0.25) is 4.79 Å². The molecule has 0 aromatic heterocycles. The van der Waals surface area contributed by atoms with E-state index in [0.29, 0.717) is 6.61 Å². The van der Waals surface area contributed by atoms with Gasteiger partial charge in [0.25, 0.3) is 0 Å². The third kappa shape index (κ3) is 6.81. The van der Waals surface area contributed by atoms with E-state index in [0.717, 1.165) is 35.9 Å². The van der Waals surface area contributed by atoms with Crippen LogP contribution in [-0.4, -0.2) is 19.0 Å². The Morgan fingerprint density at radius 2 is 1.69 bits per heavy atom. The number of rotatable bonds is 12. The molecule has 0 N–H and O–H groups in total. The van der Waals surface area contributed by atoms with Crippen LogP contribution in [0.15, 0.2) is 23.2 Å². The van der Waals surface area contributed by atoms with Gasteiger partial charge in [0, 0.05) is 5.56 Å². The highest BCUT2D eigenvalue weighted by atomic mass is 16.7. The topological polar surface area (TPSA) is 47.9 Å². The fraction of sp³-hybridized carbons (Fsp3) is 0.636. The number of aldehydes is 1. The third-order valence-corrected chi connectivity index (χ3v) is 4.78. The quantitative estimate of drug-likeness (QED) is 0.330. The van der Waals surface area contributed by atoms with Gasteiger partial charge in [0.05, 0.1) is 12.3 Å². The lowest BCUT2D eigenvalue weighted by molar-refractivity contribution is -0.115. The molecule has 0 spiro atoms. The lowest BCUT2D eigenvalue weighted by Crippen LogP contribution is -2.20. The van der Waals surface area contributed by atoms with Crippen LogP contribution in [0.3, 0.4) is 0 Å². The number of hydrogen-bond donors (Lipinski definition) is 0. The molecule has 0 fully saturated rings. The first-order chi connectivity index (χ1) is 12.7. The van der Waals surface area contributed by atoms with Crippen LogP contribution in [0.1, 0.15) is 88.4 Å². The Morgan fingerprint density at radius 1 is 1.04 bits per heavy atom. The number of carbonyl (C=O) groups is 1. The molecule has 1 unspecified atom stereocenters. The van der Waals surface area contributed by atoms with E-state index in [-0.39, 0.29) is 6.08 Å². The number of fused-ring (bicyclic) bond motifs is 1. The summed E-state index contributed by atoms with van der Waals surface area (Å²) in [4.78, 5) is 15.7. The molecule has 1 aromatic rings. The summed E-state index contributed by atoms with van der Waals surface area (Å²) in [5.41, 5.74) is 2.66. The van der Waals surface area contributed by atoms with Gasteiger partial charge in [-0.05, 0) is 25.5 Å². The summed E-state index contributed by atoms with van der Waals surface area (Å²) in [6, 6.07) is 5.83. The molecule has 4 nitrogen and oxygen atoms in total. The number of aryl methyl sites for hydroxylation is 1. The molecule has 1 atom stereocenters. The minimum absolute atomic E-state index is 0.217. The van der Waals surface area contributed by atoms with Crippen LogP contribution < -0.4 is 0 Å². The van der Waals surface area contributed by atoms with Gasteiger partial charge < -0.3 is 9.47 Å². The summed E-state index contributed by atoms with van der Waals surface area (Å²) in [5.74, 6) is 0. The summed E-state index contributed by atoms with van der Waals surface area (Å²) in [7, 11) is 0. The van der Waals surface area contributed by atoms with Crippen molar-refractivity contribution in [1.29, 1.82) is 0 Å². The molecule has 144 valence electrons. The van der Waals surface area contributed by atoms with Crippen LogP contribution in [0.4, 0.5) is 5.69 Å². The van der Waals surface area contributed by atoms with Crippen molar-refractivity contribution < 1.29 is 14.3 Å². The van der Waals surface area contributed by atoms with Gasteiger partial charge in [0.15, 0.2) is 12.4 Å². The maximum Gasteiger partial charge on any atom is 0.389 e. The van der Waals surface area contributed by atoms with Crippen LogP contribution in [0.2, 0.25) is 0 Å². The van der Waals surface area contributed by atoms with E-state index in [4.69, 9.17) is 9.47 Å². The summed E-state index contributed by atoms with van der Waals surface area (Å²) >= 11 is 0. The van der Waals surface area contributed by atoms with E-state index in [1.807, 2.05) is 25.1 Å². The molecule has 0 amide bonds. The van der Waals surface area contributed by atoms with E-state index in [9.17, 15) is 4.79 Å². The standard InChI is InChI=1S/C22H33NO3/c1-3-4-5-6-7-8-9-10-11-12-15-25-22-23-20-14-13-18(2)16-19(20)21(17-24)26-22/h13-14,16-17,21H,3-12,15H2,1-2H3. The molecule has 4 heteroatoms. The molecule has 1 aliphatic heterocycles. The maximum atomic E-state index is 11.3. The van der Waals surface area contributed by atoms with Crippen LogP contribution in [-0.2, 0) is 14.3 Å². The zero-order valence-corrected chi connectivity index (χ0v) is 16.3. The van der Waals surface area contributed by atoms with Crippen LogP contribution in [0, 0.1) is 6.92 Å². The van der Waals surface area contributed by atoms with Crippen molar-refractivity contribution >= 4 is 18.1 Å². The van der Waals surface area contributed by atoms with Crippen LogP contribution in [0.25, 0.3) is 0 Å². The van der Waals surface area contributed by atoms with Gasteiger partial charge in [-0.1, -0.05) is 76.3 Å². The molecular formula is C22H33NO3. The minimum atomic E-state index is -0.620. The number of benzene rings is 1. The molecule has 1 aliphatic rings. The molecule has 0 aliphatic carbocycles. The monoisotopic (exact) mass is 359 g/mol. The minimum Gasteiger partial charge on any atom is -0.450 e. The summed E-state index contributed by atoms with van der Waals surface area (Å²) in [6.45, 7) is 4.83. The molecule has 1 aromatic carbocycles. The van der Waals surface area contributed by atoms with Crippen molar-refractivity contribution in [2.24, 2.45) is 4.99 Å². The second kappa shape index (κ2) is 11.7. The van der Waals surface area contributed by atoms with E-state index in [1.54, 1.807) is 0 Å². The highest BCUT2D eigenvalue weighted by molar-refractivity contribution is 5.80. The predicted molar refractivity (Wildman–Crippen MR) is 106 cm³/mol. The highest BCUT2D eigenvalue weighted by Gasteiger charge is 2.24. The molecular weight excluding hydrogens is 326 g/mol. The van der Waals surface area contributed by atoms with E-state index < -0.39 is 6.10 Å². The maximum absolute atomic E-state index is 11.3. The summed E-state index contributed by atoms with van der Waals surface area (Å²) < 4.78 is 11.2. The fourth-order valence-corrected chi connectivity index (χ4v) is 3.22. The van der Waals surface area contributed by atoms with Gasteiger partial charge in [-0.15, -0.1) is 0 Å². The molecule has 26 heavy (non-hydrogen) atoms. The molecule has 0 saturated heterocycles. The Hall–Kier alpha value is -1.84. The predicted octanol–water partition coefficient (Wildman–Crippen LogP) is 6.19. The Bertz CT molecular complexity index is 583. The van der Waals surface area contributed by atoms with Gasteiger partial charge in [-0.2, -0.15) is 4.99 Å². The number of hydrogen-bond acceptors (Lipinski definition) is 4. The van der Waals surface area contributed by atoms with Crippen molar-refractivity contribution in [3.05, 3.63) is 29.3 Å². The molecule has 0 bridgehead atoms. The number of unbranched alkanes of at least 4 members (excludes halogenated alkanes) is 9. The first-order valence-electron chi connectivity index (χ1n) is 10.2. The first kappa shape index (κ1) is 20.5. The Kier molecular flexibility index (Phi) is 9.22. The smallest absolute Gasteiger partial charge is 0.389 e. The Morgan fingerprint density at radius 3 is 2.35 bits per heavy atom. The molecule has 2 rings (SSSR count). The number of aliphatic imine (C=N–C) groups is 1. The fourth-order valence-electron chi connectivity index (χ4n) is 3.22. The van der Waals surface area contributed by atoms with Crippen molar-refractivity contribution in [2.45, 2.75) is 84.2 Å². The second-order valence-electron chi connectivity index (χ2n) is 7.14. The van der Waals surface area contributed by atoms with Crippen molar-refractivity contribution in [3.63, 3.8) is 0 Å². The second-order valence-corrected chi connectivity index (χ2v) is 7.14. The summed E-state index contributed by atoms with van der Waals surface area (Å²) in [5, 5.41) is 0. The van der Waals surface area contributed by atoms with Crippen LogP contribution in [0.5, 0.6) is 0 Å². The van der Waals surface area contributed by atoms with E-state index in [1.165, 1.54) is 51.4 Å². The van der Waals surface area contributed by atoms with E-state index >= 15 is 0 Å². The van der Waals surface area contributed by atoms with Gasteiger partial charge in [-0.25, -0.2) is 0 Å². The van der Waals surface area contributed by atoms with Crippen molar-refractivity contribution in [1.82, 2.24) is 0 Å². The SMILES string of the molecule is CCCCCCCCCCCCOC1=Nc2ccc(C)cc2C(C=O)O1. The average molecular weight is 360 g/mol. The number of ether oxygens (including phenoxy) is 2. The normalized spacial score (nSPS) is 15.8. The third-order valence-electron chi connectivity index (χ3n) is 4.78. The number of nitrogens with zero attached hydrogens (tertiary/aromatic N) is 1. The summed E-state index contributed by atoms with van der Waals surface area (Å²) in [6.07, 6.45) is 13.3. The van der Waals surface area contributed by atoms with Crippen molar-refractivity contribution in [2.75, 3.05) is 6.61 Å². The lowest BCUT2D eigenvalue weighted by Gasteiger charge is -2.22. The Labute approximate surface area is 158 Å². The van der Waals surface area contributed by atoms with Crippen LogP contribution >= 0.6 is 0 Å². The number of carbonyl (C=O) groups excluding carboxylic acids is 1. The van der Waals surface area contributed by atoms with E-state index in [2.05, 4.69) is 11.9 Å². The lowest BCUT2D eigenvalue weighted by atomic mass is 10.0. The van der Waals surface area contributed by atoms with Gasteiger partial charge in [0.2, 0.25) is 0 Å². The Balaban J connectivity index is 1.61. The molecule has 0 saturated carbocycles. The zero-order valence-electron chi connectivity index (χ0n) is 16.3. The highest BCUT2D eigenvalue weighted by Crippen LogP contribution is 2.32. The largest absolute Gasteiger partial charge is 0.450 e. The first-order valence-corrected chi connectivity index (χ1v) is 10.2. The van der Waals surface area contributed by atoms with Gasteiger partial charge in [0.1, 0.15) is 0 Å².